The zero-order valence-electron chi connectivity index (χ0n) is 12.2. The highest BCUT2D eigenvalue weighted by Gasteiger charge is 2.28. The minimum absolute atomic E-state index is 0.0475. The van der Waals surface area contributed by atoms with E-state index in [0.717, 1.165) is 12.8 Å². The van der Waals surface area contributed by atoms with Crippen LogP contribution in [0.5, 0.6) is 0 Å². The molecule has 0 radical (unpaired) electrons. The van der Waals surface area contributed by atoms with Gasteiger partial charge in [0.05, 0.1) is 4.90 Å². The van der Waals surface area contributed by atoms with Crippen molar-refractivity contribution in [2.24, 2.45) is 5.73 Å². The van der Waals surface area contributed by atoms with Crippen molar-refractivity contribution in [3.63, 3.8) is 0 Å². The molecular formula is C14H21N3O3S. The molecule has 0 aliphatic heterocycles. The Kier molecular flexibility index (Phi) is 4.36. The van der Waals surface area contributed by atoms with Crippen LogP contribution in [0.4, 0.5) is 5.69 Å². The number of carbonyl (C=O) groups excluding carboxylic acids is 1. The normalized spacial score (nSPS) is 15.8. The second kappa shape index (κ2) is 5.75. The molecule has 6 nitrogen and oxygen atoms in total. The lowest BCUT2D eigenvalue weighted by Crippen LogP contribution is -2.36. The first-order valence-corrected chi connectivity index (χ1v) is 8.35. The number of hydrogen-bond donors (Lipinski definition) is 3. The van der Waals surface area contributed by atoms with Gasteiger partial charge in [0.25, 0.3) is 0 Å². The van der Waals surface area contributed by atoms with Crippen LogP contribution in [0.2, 0.25) is 0 Å². The van der Waals surface area contributed by atoms with E-state index in [1.54, 1.807) is 26.0 Å². The van der Waals surface area contributed by atoms with Gasteiger partial charge in [-0.3, -0.25) is 4.79 Å². The van der Waals surface area contributed by atoms with E-state index in [0.29, 0.717) is 5.69 Å². The Hall–Kier alpha value is -1.44. The molecule has 1 amide bonds. The molecule has 0 heterocycles. The Morgan fingerprint density at radius 2 is 2.05 bits per heavy atom. The summed E-state index contributed by atoms with van der Waals surface area (Å²) < 4.78 is 26.8. The molecular weight excluding hydrogens is 290 g/mol. The van der Waals surface area contributed by atoms with E-state index in [4.69, 9.17) is 5.73 Å². The van der Waals surface area contributed by atoms with Crippen LogP contribution in [-0.2, 0) is 14.8 Å². The lowest BCUT2D eigenvalue weighted by Gasteiger charge is -2.17. The summed E-state index contributed by atoms with van der Waals surface area (Å²) in [6.45, 7) is 3.51. The average Bonchev–Trinajstić information content (AvgIpc) is 3.10. The van der Waals surface area contributed by atoms with E-state index in [-0.39, 0.29) is 23.3 Å². The van der Waals surface area contributed by atoms with Gasteiger partial charge in [0.15, 0.2) is 0 Å². The molecule has 0 unspecified atom stereocenters. The van der Waals surface area contributed by atoms with Gasteiger partial charge in [-0.2, -0.15) is 0 Å². The zero-order chi connectivity index (χ0) is 15.7. The molecule has 116 valence electrons. The number of nitrogens with two attached hydrogens (primary N) is 1. The smallest absolute Gasteiger partial charge is 0.240 e. The zero-order valence-corrected chi connectivity index (χ0v) is 13.0. The molecule has 7 heteroatoms. The van der Waals surface area contributed by atoms with Crippen LogP contribution in [0.15, 0.2) is 29.2 Å². The molecule has 0 aromatic heterocycles. The van der Waals surface area contributed by atoms with E-state index in [9.17, 15) is 13.2 Å². The molecule has 1 aliphatic rings. The molecule has 2 rings (SSSR count). The van der Waals surface area contributed by atoms with Crippen LogP contribution >= 0.6 is 0 Å². The predicted octanol–water partition coefficient (Wildman–Crippen LogP) is 1.19. The third-order valence-corrected chi connectivity index (χ3v) is 4.46. The summed E-state index contributed by atoms with van der Waals surface area (Å²) in [5.74, 6) is -0.243. The number of rotatable bonds is 6. The maximum atomic E-state index is 12.1. The van der Waals surface area contributed by atoms with E-state index in [1.165, 1.54) is 12.1 Å². The molecule has 21 heavy (non-hydrogen) atoms. The first-order chi connectivity index (χ1) is 9.66. The maximum Gasteiger partial charge on any atom is 0.240 e. The van der Waals surface area contributed by atoms with Gasteiger partial charge in [0, 0.05) is 23.7 Å². The van der Waals surface area contributed by atoms with Gasteiger partial charge in [-0.1, -0.05) is 6.07 Å². The van der Waals surface area contributed by atoms with Crippen LogP contribution < -0.4 is 15.8 Å². The fraction of sp³-hybridized carbons (Fsp3) is 0.500. The van der Waals surface area contributed by atoms with Gasteiger partial charge in [-0.05, 0) is 44.9 Å². The number of nitrogens with one attached hydrogen (secondary N) is 2. The number of carbonyl (C=O) groups is 1. The Morgan fingerprint density at radius 1 is 1.38 bits per heavy atom. The Morgan fingerprint density at radius 3 is 2.62 bits per heavy atom. The summed E-state index contributed by atoms with van der Waals surface area (Å²) in [7, 11) is -3.52. The lowest BCUT2D eigenvalue weighted by atomic mass is 10.0. The Bertz CT molecular complexity index is 631. The quantitative estimate of drug-likeness (QED) is 0.734. The summed E-state index contributed by atoms with van der Waals surface area (Å²) in [5, 5.41) is 2.67. The summed E-state index contributed by atoms with van der Waals surface area (Å²) >= 11 is 0. The lowest BCUT2D eigenvalue weighted by molar-refractivity contribution is -0.117. The van der Waals surface area contributed by atoms with Crippen molar-refractivity contribution in [2.75, 3.05) is 5.32 Å². The van der Waals surface area contributed by atoms with Crippen LogP contribution in [0.25, 0.3) is 0 Å². The van der Waals surface area contributed by atoms with Gasteiger partial charge >= 0.3 is 0 Å². The SMILES string of the molecule is CC(C)(N)CC(=O)Nc1cccc(S(=O)(=O)NC2CC2)c1. The summed E-state index contributed by atoms with van der Waals surface area (Å²) in [6, 6.07) is 6.26. The first-order valence-electron chi connectivity index (χ1n) is 6.87. The molecule has 1 saturated carbocycles. The average molecular weight is 311 g/mol. The molecule has 0 spiro atoms. The van der Waals surface area contributed by atoms with Gasteiger partial charge < -0.3 is 11.1 Å². The molecule has 0 bridgehead atoms. The van der Waals surface area contributed by atoms with Gasteiger partial charge in [0.2, 0.25) is 15.9 Å². The largest absolute Gasteiger partial charge is 0.326 e. The molecule has 0 atom stereocenters. The number of sulfonamides is 1. The predicted molar refractivity (Wildman–Crippen MR) is 81.3 cm³/mol. The Balaban J connectivity index is 2.08. The third-order valence-electron chi connectivity index (χ3n) is 2.94. The molecule has 1 fully saturated rings. The van der Waals surface area contributed by atoms with Crippen molar-refractivity contribution in [3.05, 3.63) is 24.3 Å². The molecule has 4 N–H and O–H groups in total. The van der Waals surface area contributed by atoms with Crippen molar-refractivity contribution in [1.82, 2.24) is 4.72 Å². The molecule has 1 aliphatic carbocycles. The van der Waals surface area contributed by atoms with E-state index in [1.807, 2.05) is 0 Å². The fourth-order valence-electron chi connectivity index (χ4n) is 1.85. The highest BCUT2D eigenvalue weighted by Crippen LogP contribution is 2.23. The van der Waals surface area contributed by atoms with Crippen molar-refractivity contribution in [3.8, 4) is 0 Å². The van der Waals surface area contributed by atoms with Gasteiger partial charge in [-0.15, -0.1) is 0 Å². The topological polar surface area (TPSA) is 101 Å². The number of hydrogen-bond acceptors (Lipinski definition) is 4. The summed E-state index contributed by atoms with van der Waals surface area (Å²) in [4.78, 5) is 12.0. The highest BCUT2D eigenvalue weighted by molar-refractivity contribution is 7.89. The number of amides is 1. The minimum Gasteiger partial charge on any atom is -0.326 e. The first kappa shape index (κ1) is 15.9. The number of benzene rings is 1. The highest BCUT2D eigenvalue weighted by atomic mass is 32.2. The Labute approximate surface area is 125 Å². The summed E-state index contributed by atoms with van der Waals surface area (Å²) in [5.41, 5.74) is 5.62. The van der Waals surface area contributed by atoms with E-state index >= 15 is 0 Å². The number of anilines is 1. The molecule has 1 aromatic rings. The standard InChI is InChI=1S/C14H21N3O3S/c1-14(2,15)9-13(18)16-11-4-3-5-12(8-11)21(19,20)17-10-6-7-10/h3-5,8,10,17H,6-7,9,15H2,1-2H3,(H,16,18). The maximum absolute atomic E-state index is 12.1. The van der Waals surface area contributed by atoms with Crippen LogP contribution in [0, 0.1) is 0 Å². The van der Waals surface area contributed by atoms with E-state index in [2.05, 4.69) is 10.0 Å². The summed E-state index contributed by atoms with van der Waals surface area (Å²) in [6.07, 6.45) is 1.91. The minimum atomic E-state index is -3.52. The third kappa shape index (κ3) is 5.11. The van der Waals surface area contributed by atoms with Crippen LogP contribution in [0.3, 0.4) is 0 Å². The molecule has 0 saturated heterocycles. The van der Waals surface area contributed by atoms with E-state index < -0.39 is 15.6 Å². The van der Waals surface area contributed by atoms with Crippen molar-refractivity contribution in [2.45, 2.75) is 49.6 Å². The van der Waals surface area contributed by atoms with Gasteiger partial charge in [-0.25, -0.2) is 13.1 Å². The second-order valence-corrected chi connectivity index (χ2v) is 7.85. The second-order valence-electron chi connectivity index (χ2n) is 6.14. The van der Waals surface area contributed by atoms with Gasteiger partial charge in [0.1, 0.15) is 0 Å². The fourth-order valence-corrected chi connectivity index (χ4v) is 3.20. The van der Waals surface area contributed by atoms with Crippen LogP contribution in [-0.4, -0.2) is 25.9 Å². The monoisotopic (exact) mass is 311 g/mol. The molecule has 1 aromatic carbocycles. The van der Waals surface area contributed by atoms with Crippen molar-refractivity contribution >= 4 is 21.6 Å². The van der Waals surface area contributed by atoms with Crippen molar-refractivity contribution < 1.29 is 13.2 Å². The van der Waals surface area contributed by atoms with Crippen LogP contribution in [0.1, 0.15) is 33.1 Å². The van der Waals surface area contributed by atoms with Crippen molar-refractivity contribution in [1.29, 1.82) is 0 Å².